The molecule has 0 saturated carbocycles. The Morgan fingerprint density at radius 3 is 2.76 bits per heavy atom. The van der Waals surface area contributed by atoms with Crippen molar-refractivity contribution in [2.24, 2.45) is 5.73 Å². The minimum atomic E-state index is -0.751. The smallest absolute Gasteiger partial charge is 0.248 e. The van der Waals surface area contributed by atoms with Crippen LogP contribution in [0, 0.1) is 0 Å². The van der Waals surface area contributed by atoms with Crippen molar-refractivity contribution in [3.05, 3.63) is 71.4 Å². The molecule has 0 bridgehead atoms. The molecule has 128 valence electrons. The van der Waals surface area contributed by atoms with Gasteiger partial charge in [-0.25, -0.2) is 4.98 Å². The number of halogens is 1. The number of carbonyl (C=O) groups is 1. The summed E-state index contributed by atoms with van der Waals surface area (Å²) < 4.78 is 11.0. The molecule has 1 heterocycles. The Morgan fingerprint density at radius 1 is 1.20 bits per heavy atom. The molecule has 1 aromatic heterocycles. The number of hydrogen-bond donors (Lipinski definition) is 1. The number of benzene rings is 2. The number of nitrogens with zero attached hydrogens (tertiary/aromatic N) is 1. The summed E-state index contributed by atoms with van der Waals surface area (Å²) in [6.45, 7) is 0.265. The van der Waals surface area contributed by atoms with Gasteiger partial charge < -0.3 is 15.2 Å². The van der Waals surface area contributed by atoms with Gasteiger partial charge in [0.05, 0.1) is 11.2 Å². The van der Waals surface area contributed by atoms with Crippen LogP contribution in [0.5, 0.6) is 5.75 Å². The van der Waals surface area contributed by atoms with Crippen LogP contribution in [0.2, 0.25) is 0 Å². The molecule has 1 unspecified atom stereocenters. The Bertz CT molecular complexity index is 914. The van der Waals surface area contributed by atoms with Crippen molar-refractivity contribution in [3.8, 4) is 5.75 Å². The van der Waals surface area contributed by atoms with E-state index in [0.717, 1.165) is 16.6 Å². The number of para-hydroxylation sites is 1. The lowest BCUT2D eigenvalue weighted by Gasteiger charge is -2.15. The number of nitrogens with two attached hydrogens (primary N) is 1. The van der Waals surface area contributed by atoms with E-state index < -0.39 is 11.5 Å². The van der Waals surface area contributed by atoms with Gasteiger partial charge in [0.25, 0.3) is 0 Å². The van der Waals surface area contributed by atoms with Crippen LogP contribution in [0.4, 0.5) is 0 Å². The van der Waals surface area contributed by atoms with Crippen molar-refractivity contribution in [3.63, 3.8) is 0 Å². The molecule has 0 saturated heterocycles. The molecular formula is C19H17ClN2O3. The van der Waals surface area contributed by atoms with Crippen LogP contribution >= 0.6 is 11.6 Å². The highest BCUT2D eigenvalue weighted by Crippen LogP contribution is 2.31. The van der Waals surface area contributed by atoms with Gasteiger partial charge in [-0.2, -0.15) is 0 Å². The fourth-order valence-electron chi connectivity index (χ4n) is 2.48. The van der Waals surface area contributed by atoms with Gasteiger partial charge in [-0.15, -0.1) is 0 Å². The van der Waals surface area contributed by atoms with Gasteiger partial charge in [-0.3, -0.25) is 4.79 Å². The highest BCUT2D eigenvalue weighted by Gasteiger charge is 2.16. The number of primary amides is 1. The lowest BCUT2D eigenvalue weighted by atomic mass is 10.1. The van der Waals surface area contributed by atoms with Gasteiger partial charge >= 0.3 is 0 Å². The van der Waals surface area contributed by atoms with Crippen LogP contribution in [0.3, 0.4) is 0 Å². The van der Waals surface area contributed by atoms with E-state index >= 15 is 0 Å². The van der Waals surface area contributed by atoms with Crippen molar-refractivity contribution in [2.45, 2.75) is 12.2 Å². The van der Waals surface area contributed by atoms with E-state index in [0.29, 0.717) is 16.9 Å². The third kappa shape index (κ3) is 3.90. The van der Waals surface area contributed by atoms with Crippen molar-refractivity contribution < 1.29 is 14.3 Å². The van der Waals surface area contributed by atoms with Crippen LogP contribution in [0.25, 0.3) is 10.9 Å². The zero-order valence-corrected chi connectivity index (χ0v) is 14.4. The second-order valence-electron chi connectivity index (χ2n) is 5.45. The molecule has 6 heteroatoms. The fraction of sp³-hybridized carbons (Fsp3) is 0.158. The zero-order valence-electron chi connectivity index (χ0n) is 13.6. The summed E-state index contributed by atoms with van der Waals surface area (Å²) in [4.78, 5) is 15.9. The summed E-state index contributed by atoms with van der Waals surface area (Å²) in [5, 5.41) is 1.07. The molecule has 3 aromatic rings. The monoisotopic (exact) mass is 356 g/mol. The third-order valence-electron chi connectivity index (χ3n) is 3.78. The van der Waals surface area contributed by atoms with Gasteiger partial charge in [0, 0.05) is 23.6 Å². The minimum absolute atomic E-state index is 0.265. The maximum atomic E-state index is 11.4. The predicted molar refractivity (Wildman–Crippen MR) is 96.6 cm³/mol. The van der Waals surface area contributed by atoms with E-state index in [1.54, 1.807) is 18.2 Å². The van der Waals surface area contributed by atoms with Crippen LogP contribution in [-0.2, 0) is 11.3 Å². The van der Waals surface area contributed by atoms with E-state index in [4.69, 9.17) is 26.8 Å². The second kappa shape index (κ2) is 7.51. The molecule has 2 N–H and O–H groups in total. The second-order valence-corrected chi connectivity index (χ2v) is 5.85. The van der Waals surface area contributed by atoms with E-state index in [-0.39, 0.29) is 6.61 Å². The Labute approximate surface area is 150 Å². The number of alkyl halides is 1. The quantitative estimate of drug-likeness (QED) is 0.682. The summed E-state index contributed by atoms with van der Waals surface area (Å²) >= 11 is 6.16. The van der Waals surface area contributed by atoms with Gasteiger partial charge in [-0.05, 0) is 30.3 Å². The lowest BCUT2D eigenvalue weighted by molar-refractivity contribution is 0.0999. The molecule has 0 spiro atoms. The van der Waals surface area contributed by atoms with Gasteiger partial charge in [0.1, 0.15) is 12.4 Å². The van der Waals surface area contributed by atoms with Gasteiger partial charge in [0.2, 0.25) is 5.91 Å². The number of aromatic nitrogens is 1. The average molecular weight is 357 g/mol. The Hall–Kier alpha value is -2.63. The first-order valence-electron chi connectivity index (χ1n) is 7.66. The standard InChI is InChI=1S/C19H17ClN2O3/c1-24-18(20)15-10-13(19(21)23)7-9-17(15)25-11-14-8-6-12-4-2-3-5-16(12)22-14/h2-10,18H,11H2,1H3,(H2,21,23). The largest absolute Gasteiger partial charge is 0.487 e. The van der Waals surface area contributed by atoms with Crippen molar-refractivity contribution in [2.75, 3.05) is 7.11 Å². The Kier molecular flexibility index (Phi) is 5.16. The number of ether oxygens (including phenoxy) is 2. The molecule has 0 aliphatic rings. The number of pyridine rings is 1. The molecule has 0 aliphatic carbocycles. The van der Waals surface area contributed by atoms with Crippen LogP contribution in [-0.4, -0.2) is 18.0 Å². The molecule has 3 rings (SSSR count). The molecule has 0 aliphatic heterocycles. The average Bonchev–Trinajstić information content (AvgIpc) is 2.65. The molecular weight excluding hydrogens is 340 g/mol. The maximum Gasteiger partial charge on any atom is 0.248 e. The lowest BCUT2D eigenvalue weighted by Crippen LogP contribution is -2.12. The number of carbonyl (C=O) groups excluding carboxylic acids is 1. The summed E-state index contributed by atoms with van der Waals surface area (Å²) in [5.41, 5.74) is 7.14. The van der Waals surface area contributed by atoms with Gasteiger partial charge in [0.15, 0.2) is 5.56 Å². The van der Waals surface area contributed by atoms with Crippen LogP contribution in [0.15, 0.2) is 54.6 Å². The van der Waals surface area contributed by atoms with E-state index in [9.17, 15) is 4.79 Å². The van der Waals surface area contributed by atoms with Crippen molar-refractivity contribution >= 4 is 28.4 Å². The molecule has 0 fully saturated rings. The van der Waals surface area contributed by atoms with Crippen molar-refractivity contribution in [1.82, 2.24) is 4.98 Å². The Morgan fingerprint density at radius 2 is 2.00 bits per heavy atom. The normalized spacial score (nSPS) is 12.1. The summed E-state index contributed by atoms with van der Waals surface area (Å²) in [6, 6.07) is 16.6. The van der Waals surface area contributed by atoms with E-state index in [2.05, 4.69) is 4.98 Å². The first kappa shape index (κ1) is 17.2. The maximum absolute atomic E-state index is 11.4. The highest BCUT2D eigenvalue weighted by atomic mass is 35.5. The first-order chi connectivity index (χ1) is 12.1. The summed E-state index contributed by atoms with van der Waals surface area (Å²) in [5.74, 6) is -0.0224. The first-order valence-corrected chi connectivity index (χ1v) is 8.10. The highest BCUT2D eigenvalue weighted by molar-refractivity contribution is 6.20. The topological polar surface area (TPSA) is 74.4 Å². The number of hydrogen-bond acceptors (Lipinski definition) is 4. The number of methoxy groups -OCH3 is 1. The molecule has 0 radical (unpaired) electrons. The molecule has 5 nitrogen and oxygen atoms in total. The summed E-state index contributed by atoms with van der Waals surface area (Å²) in [7, 11) is 1.48. The zero-order chi connectivity index (χ0) is 17.8. The van der Waals surface area contributed by atoms with E-state index in [1.165, 1.54) is 7.11 Å². The molecule has 1 atom stereocenters. The number of rotatable bonds is 6. The fourth-order valence-corrected chi connectivity index (χ4v) is 2.65. The predicted octanol–water partition coefficient (Wildman–Crippen LogP) is 3.80. The number of fused-ring (bicyclic) bond motifs is 1. The molecule has 25 heavy (non-hydrogen) atoms. The molecule has 1 amide bonds. The van der Waals surface area contributed by atoms with Crippen LogP contribution < -0.4 is 10.5 Å². The van der Waals surface area contributed by atoms with Crippen LogP contribution in [0.1, 0.15) is 27.2 Å². The Balaban J connectivity index is 1.84. The van der Waals surface area contributed by atoms with Gasteiger partial charge in [-0.1, -0.05) is 35.9 Å². The SMILES string of the molecule is COC(Cl)c1cc(C(N)=O)ccc1OCc1ccc2ccccc2n1. The number of amides is 1. The van der Waals surface area contributed by atoms with E-state index in [1.807, 2.05) is 36.4 Å². The third-order valence-corrected chi connectivity index (χ3v) is 4.19. The minimum Gasteiger partial charge on any atom is -0.487 e. The molecule has 2 aromatic carbocycles. The summed E-state index contributed by atoms with van der Waals surface area (Å²) in [6.07, 6.45) is 0. The van der Waals surface area contributed by atoms with Crippen molar-refractivity contribution in [1.29, 1.82) is 0 Å².